The van der Waals surface area contributed by atoms with E-state index in [1.54, 1.807) is 18.7 Å². The minimum absolute atomic E-state index is 0.000854. The summed E-state index contributed by atoms with van der Waals surface area (Å²) in [5.41, 5.74) is 0.379. The number of likely N-dealkylation sites (N-methyl/N-ethyl adjacent to an activating group) is 1. The van der Waals surface area contributed by atoms with Crippen LogP contribution >= 0.6 is 11.8 Å². The normalized spacial score (nSPS) is 17.7. The van der Waals surface area contributed by atoms with Gasteiger partial charge in [-0.3, -0.25) is 34.1 Å². The molecule has 0 heterocycles. The third-order valence-corrected chi connectivity index (χ3v) is 7.42. The van der Waals surface area contributed by atoms with Crippen molar-refractivity contribution >= 4 is 53.1 Å². The van der Waals surface area contributed by atoms with E-state index in [0.29, 0.717) is 24.0 Å². The molecule has 3 amide bonds. The van der Waals surface area contributed by atoms with Crippen LogP contribution in [-0.2, 0) is 33.6 Å². The molecule has 1 saturated carbocycles. The largest absolute Gasteiger partial charge is 0.356 e. The van der Waals surface area contributed by atoms with E-state index in [1.807, 2.05) is 20.1 Å². The van der Waals surface area contributed by atoms with Crippen molar-refractivity contribution in [3.8, 4) is 0 Å². The van der Waals surface area contributed by atoms with E-state index in [1.165, 1.54) is 20.9 Å². The lowest BCUT2D eigenvalue weighted by atomic mass is 9.73. The molecule has 40 heavy (non-hydrogen) atoms. The van der Waals surface area contributed by atoms with Crippen LogP contribution in [0.15, 0.2) is 11.1 Å². The molecule has 1 fully saturated rings. The predicted octanol–water partition coefficient (Wildman–Crippen LogP) is 1.24. The number of rotatable bonds is 16. The number of nitrogens with one attached hydrogen (secondary N) is 4. The molecule has 0 radical (unpaired) electrons. The highest BCUT2D eigenvalue weighted by Gasteiger charge is 2.36. The van der Waals surface area contributed by atoms with Gasteiger partial charge in [-0.1, -0.05) is 26.3 Å². The van der Waals surface area contributed by atoms with E-state index in [0.717, 1.165) is 0 Å². The minimum Gasteiger partial charge on any atom is -0.356 e. The Morgan fingerprint density at radius 1 is 1.00 bits per heavy atom. The summed E-state index contributed by atoms with van der Waals surface area (Å²) in [5, 5.41) is 10.4. The Morgan fingerprint density at radius 3 is 2.12 bits per heavy atom. The van der Waals surface area contributed by atoms with Crippen LogP contribution < -0.4 is 21.3 Å². The Hall–Kier alpha value is -2.86. The first kappa shape index (κ1) is 35.2. The molecule has 0 bridgehead atoms. The number of allylic oxidation sites excluding steroid dienone is 2. The Bertz CT molecular complexity index is 1000. The summed E-state index contributed by atoms with van der Waals surface area (Å²) in [5.74, 6) is -2.41. The molecule has 0 aromatic heterocycles. The molecule has 224 valence electrons. The Kier molecular flexibility index (Phi) is 14.4. The van der Waals surface area contributed by atoms with Crippen molar-refractivity contribution in [2.45, 2.75) is 91.4 Å². The maximum absolute atomic E-state index is 12.7. The van der Waals surface area contributed by atoms with Crippen molar-refractivity contribution in [3.05, 3.63) is 11.1 Å². The average molecular weight is 581 g/mol. The van der Waals surface area contributed by atoms with Crippen LogP contribution in [0.3, 0.4) is 0 Å². The van der Waals surface area contributed by atoms with Crippen LogP contribution in [0, 0.1) is 11.3 Å². The van der Waals surface area contributed by atoms with Gasteiger partial charge in [-0.25, -0.2) is 0 Å². The van der Waals surface area contributed by atoms with E-state index in [-0.39, 0.29) is 60.4 Å². The summed E-state index contributed by atoms with van der Waals surface area (Å²) >= 11 is 1.55. The zero-order valence-electron chi connectivity index (χ0n) is 24.6. The summed E-state index contributed by atoms with van der Waals surface area (Å²) in [4.78, 5) is 86.5. The molecule has 1 aliphatic carbocycles. The molecule has 4 atom stereocenters. The second kappa shape index (κ2) is 16.4. The zero-order valence-corrected chi connectivity index (χ0v) is 25.4. The average Bonchev–Trinajstić information content (AvgIpc) is 2.87. The van der Waals surface area contributed by atoms with Gasteiger partial charge >= 0.3 is 0 Å². The highest BCUT2D eigenvalue weighted by Crippen LogP contribution is 2.35. The number of carbonyl (C=O) groups is 7. The number of ketones is 3. The summed E-state index contributed by atoms with van der Waals surface area (Å²) < 4.78 is 0. The molecule has 11 nitrogen and oxygen atoms in total. The first-order valence-corrected chi connectivity index (χ1v) is 14.9. The Labute approximate surface area is 240 Å². The summed E-state index contributed by atoms with van der Waals surface area (Å²) in [6.45, 7) is 8.47. The van der Waals surface area contributed by atoms with Crippen molar-refractivity contribution in [2.24, 2.45) is 11.3 Å². The lowest BCUT2D eigenvalue weighted by molar-refractivity contribution is -0.134. The van der Waals surface area contributed by atoms with Crippen LogP contribution in [0.4, 0.5) is 0 Å². The quantitative estimate of drug-likeness (QED) is 0.0909. The van der Waals surface area contributed by atoms with Crippen LogP contribution in [0.1, 0.15) is 73.1 Å². The van der Waals surface area contributed by atoms with E-state index >= 15 is 0 Å². The molecule has 1 aliphatic rings. The molecule has 0 spiro atoms. The van der Waals surface area contributed by atoms with Crippen LogP contribution in [0.25, 0.3) is 0 Å². The zero-order chi connectivity index (χ0) is 30.6. The second-order valence-corrected chi connectivity index (χ2v) is 12.1. The van der Waals surface area contributed by atoms with Crippen molar-refractivity contribution in [2.75, 3.05) is 19.1 Å². The molecule has 0 saturated heterocycles. The molecule has 0 aromatic rings. The first-order chi connectivity index (χ1) is 18.6. The lowest BCUT2D eigenvalue weighted by Gasteiger charge is -2.29. The summed E-state index contributed by atoms with van der Waals surface area (Å²) in [6.07, 6.45) is 2.49. The number of hydrogen-bond donors (Lipinski definition) is 4. The lowest BCUT2D eigenvalue weighted by Crippen LogP contribution is -2.58. The van der Waals surface area contributed by atoms with Gasteiger partial charge in [-0.05, 0) is 44.1 Å². The first-order valence-electron chi connectivity index (χ1n) is 13.5. The Morgan fingerprint density at radius 2 is 1.60 bits per heavy atom. The fourth-order valence-corrected chi connectivity index (χ4v) is 4.88. The molecule has 0 aromatic carbocycles. The van der Waals surface area contributed by atoms with E-state index in [9.17, 15) is 33.6 Å². The SMILES string of the molecule is CNC(=O)[C@@H](NC(=O)[C@H](C)CC(=O)[C@H](C)NC(=O)CCC(C)=C1C(=O)CC(C)(C)CC1=O)N[C@H](C=O)CCSC. The van der Waals surface area contributed by atoms with Gasteiger partial charge in [0, 0.05) is 38.6 Å². The number of aldehydes is 1. The van der Waals surface area contributed by atoms with Crippen molar-refractivity contribution in [3.63, 3.8) is 0 Å². The van der Waals surface area contributed by atoms with Crippen LogP contribution in [-0.4, -0.2) is 78.7 Å². The molecule has 4 N–H and O–H groups in total. The fraction of sp³-hybridized carbons (Fsp3) is 0.679. The number of thioether (sulfide) groups is 1. The van der Waals surface area contributed by atoms with Gasteiger partial charge < -0.3 is 20.7 Å². The molecule has 0 aliphatic heterocycles. The topological polar surface area (TPSA) is 168 Å². The van der Waals surface area contributed by atoms with Gasteiger partial charge in [0.2, 0.25) is 11.8 Å². The van der Waals surface area contributed by atoms with Crippen molar-refractivity contribution in [1.82, 2.24) is 21.3 Å². The second-order valence-electron chi connectivity index (χ2n) is 11.1. The van der Waals surface area contributed by atoms with Gasteiger partial charge in [0.25, 0.3) is 5.91 Å². The molecule has 0 unspecified atom stereocenters. The van der Waals surface area contributed by atoms with Crippen LogP contribution in [0.5, 0.6) is 0 Å². The molecule has 1 rings (SSSR count). The van der Waals surface area contributed by atoms with Gasteiger partial charge in [0.1, 0.15) is 6.29 Å². The van der Waals surface area contributed by atoms with E-state index < -0.39 is 41.9 Å². The number of amides is 3. The van der Waals surface area contributed by atoms with Crippen LogP contribution in [0.2, 0.25) is 0 Å². The van der Waals surface area contributed by atoms with Crippen molar-refractivity contribution in [1.29, 1.82) is 0 Å². The molecular weight excluding hydrogens is 536 g/mol. The summed E-state index contributed by atoms with van der Waals surface area (Å²) in [6, 6.07) is -1.50. The smallest absolute Gasteiger partial charge is 0.257 e. The Balaban J connectivity index is 2.66. The predicted molar refractivity (Wildman–Crippen MR) is 153 cm³/mol. The van der Waals surface area contributed by atoms with Gasteiger partial charge in [-0.2, -0.15) is 11.8 Å². The third kappa shape index (κ3) is 11.3. The summed E-state index contributed by atoms with van der Waals surface area (Å²) in [7, 11) is 1.40. The highest BCUT2D eigenvalue weighted by atomic mass is 32.2. The fourth-order valence-electron chi connectivity index (χ4n) is 4.39. The van der Waals surface area contributed by atoms with Gasteiger partial charge in [0.05, 0.1) is 17.7 Å². The molecular formula is C28H44N4O7S. The highest BCUT2D eigenvalue weighted by molar-refractivity contribution is 7.98. The van der Waals surface area contributed by atoms with E-state index in [2.05, 4.69) is 21.3 Å². The van der Waals surface area contributed by atoms with Crippen molar-refractivity contribution < 1.29 is 33.6 Å². The number of carbonyl (C=O) groups excluding carboxylic acids is 7. The van der Waals surface area contributed by atoms with Gasteiger partial charge in [-0.15, -0.1) is 0 Å². The standard InChI is InChI=1S/C28H44N4O7S/c1-16(24-21(35)13-28(4,5)14-22(24)36)8-9-23(37)30-18(3)20(34)12-17(2)26(38)32-25(27(39)29-6)31-19(15-33)10-11-40-7/h15,17-19,25,31H,8-14H2,1-7H3,(H,29,39)(H,30,37)(H,32,38)/t17-,18+,19+,25-/m1/s1. The number of Topliss-reactive ketones (excluding diaryl/α,β-unsaturated/α-hetero) is 3. The minimum atomic E-state index is -1.16. The van der Waals surface area contributed by atoms with E-state index in [4.69, 9.17) is 0 Å². The maximum atomic E-state index is 12.7. The maximum Gasteiger partial charge on any atom is 0.257 e. The van der Waals surface area contributed by atoms with Gasteiger partial charge in [0.15, 0.2) is 23.5 Å². The number of hydrogen-bond acceptors (Lipinski definition) is 9. The monoisotopic (exact) mass is 580 g/mol. The third-order valence-electron chi connectivity index (χ3n) is 6.78. The molecule has 12 heteroatoms.